The maximum atomic E-state index is 13.3. The topological polar surface area (TPSA) is 87.1 Å². The highest BCUT2D eigenvalue weighted by molar-refractivity contribution is 7.09. The minimum atomic E-state index is -0.275. The molecule has 1 aromatic heterocycles. The van der Waals surface area contributed by atoms with Gasteiger partial charge in [-0.05, 0) is 111 Å². The van der Waals surface area contributed by atoms with Crippen LogP contribution >= 0.6 is 11.3 Å². The average Bonchev–Trinajstić information content (AvgIpc) is 3.53. The summed E-state index contributed by atoms with van der Waals surface area (Å²) in [4.78, 5) is 30.1. The molecule has 0 radical (unpaired) electrons. The maximum Gasteiger partial charge on any atom is 0.166 e. The van der Waals surface area contributed by atoms with Crippen molar-refractivity contribution in [1.82, 2.24) is 4.90 Å². The number of ether oxygens (including phenoxy) is 1. The summed E-state index contributed by atoms with van der Waals surface area (Å²) in [6.45, 7) is 6.06. The number of phenolic OH excluding ortho intramolecular Hbond substituents is 2. The van der Waals surface area contributed by atoms with Gasteiger partial charge in [0.2, 0.25) is 0 Å². The third-order valence-corrected chi connectivity index (χ3v) is 10.1. The number of fused-ring (bicyclic) bond motifs is 1. The van der Waals surface area contributed by atoms with Crippen molar-refractivity contribution in [3.05, 3.63) is 75.0 Å². The van der Waals surface area contributed by atoms with Gasteiger partial charge in [0.05, 0.1) is 11.1 Å². The zero-order valence-electron chi connectivity index (χ0n) is 25.4. The van der Waals surface area contributed by atoms with E-state index < -0.39 is 0 Å². The number of benzene rings is 2. The van der Waals surface area contributed by atoms with Gasteiger partial charge in [-0.3, -0.25) is 14.5 Å². The molecule has 3 aromatic rings. The normalized spacial score (nSPS) is 17.7. The number of nitrogens with zero attached hydrogens (tertiary/aromatic N) is 1. The van der Waals surface area contributed by atoms with Crippen molar-refractivity contribution in [2.75, 3.05) is 26.2 Å². The van der Waals surface area contributed by atoms with E-state index in [1.165, 1.54) is 54.4 Å². The van der Waals surface area contributed by atoms with E-state index in [-0.39, 0.29) is 53.0 Å². The first kappa shape index (κ1) is 31.3. The van der Waals surface area contributed by atoms with E-state index in [0.717, 1.165) is 50.5 Å². The number of Topliss-reactive ketones (excluding diaryl/α,β-unsaturated/α-hetero) is 2. The van der Waals surface area contributed by atoms with Crippen LogP contribution in [0.3, 0.4) is 0 Å². The van der Waals surface area contributed by atoms with Crippen LogP contribution in [-0.2, 0) is 19.3 Å². The average molecular weight is 604 g/mol. The zero-order valence-corrected chi connectivity index (χ0v) is 26.2. The highest BCUT2D eigenvalue weighted by atomic mass is 32.1. The Balaban J connectivity index is 1.15. The van der Waals surface area contributed by atoms with Crippen LogP contribution in [0, 0.1) is 11.8 Å². The summed E-state index contributed by atoms with van der Waals surface area (Å²) in [6, 6.07) is 13.1. The second kappa shape index (κ2) is 15.0. The number of aryl methyl sites for hydroxylation is 1. The largest absolute Gasteiger partial charge is 0.507 e. The van der Waals surface area contributed by atoms with Gasteiger partial charge in [0.15, 0.2) is 11.6 Å². The molecule has 2 aliphatic rings. The highest BCUT2D eigenvalue weighted by Crippen LogP contribution is 2.34. The van der Waals surface area contributed by atoms with E-state index >= 15 is 0 Å². The number of thiophene rings is 1. The number of hydrogen-bond acceptors (Lipinski definition) is 7. The number of ketones is 2. The number of carbonyl (C=O) groups is 2. The molecule has 2 atom stereocenters. The number of piperidine rings is 1. The second-order valence-corrected chi connectivity index (χ2v) is 13.4. The predicted molar refractivity (Wildman–Crippen MR) is 172 cm³/mol. The molecule has 43 heavy (non-hydrogen) atoms. The molecule has 2 heterocycles. The van der Waals surface area contributed by atoms with Gasteiger partial charge in [0.25, 0.3) is 0 Å². The van der Waals surface area contributed by atoms with Crippen LogP contribution in [0.25, 0.3) is 0 Å². The van der Waals surface area contributed by atoms with E-state index in [2.05, 4.69) is 36.1 Å². The Hall–Kier alpha value is -3.16. The summed E-state index contributed by atoms with van der Waals surface area (Å²) >= 11 is 1.68. The Morgan fingerprint density at radius 2 is 1.79 bits per heavy atom. The fourth-order valence-corrected chi connectivity index (χ4v) is 7.38. The summed E-state index contributed by atoms with van der Waals surface area (Å²) in [7, 11) is 0. The molecule has 1 fully saturated rings. The molecule has 1 saturated heterocycles. The highest BCUT2D eigenvalue weighted by Gasteiger charge is 2.24. The molecular weight excluding hydrogens is 558 g/mol. The van der Waals surface area contributed by atoms with Crippen molar-refractivity contribution in [2.45, 2.75) is 77.6 Å². The van der Waals surface area contributed by atoms with Crippen molar-refractivity contribution >= 4 is 22.9 Å². The summed E-state index contributed by atoms with van der Waals surface area (Å²) in [5, 5.41) is 23.0. The summed E-state index contributed by atoms with van der Waals surface area (Å²) < 4.78 is 6.11. The fourth-order valence-electron chi connectivity index (χ4n) is 6.56. The quantitative estimate of drug-likeness (QED) is 0.184. The van der Waals surface area contributed by atoms with Gasteiger partial charge in [-0.1, -0.05) is 31.9 Å². The van der Waals surface area contributed by atoms with E-state index in [1.807, 2.05) is 11.4 Å². The van der Waals surface area contributed by atoms with Crippen molar-refractivity contribution in [3.8, 4) is 17.2 Å². The number of aromatic hydroxyl groups is 2. The van der Waals surface area contributed by atoms with Crippen LogP contribution in [0.4, 0.5) is 0 Å². The minimum absolute atomic E-state index is 0.116. The van der Waals surface area contributed by atoms with Crippen LogP contribution in [0.15, 0.2) is 47.8 Å². The van der Waals surface area contributed by atoms with Crippen LogP contribution in [0.2, 0.25) is 0 Å². The van der Waals surface area contributed by atoms with Gasteiger partial charge >= 0.3 is 0 Å². The molecule has 2 N–H and O–H groups in total. The van der Waals surface area contributed by atoms with Crippen molar-refractivity contribution in [1.29, 1.82) is 0 Å². The van der Waals surface area contributed by atoms with Gasteiger partial charge < -0.3 is 14.9 Å². The van der Waals surface area contributed by atoms with E-state index in [9.17, 15) is 19.8 Å². The summed E-state index contributed by atoms with van der Waals surface area (Å²) in [6.07, 6.45) is 9.72. The van der Waals surface area contributed by atoms with Crippen molar-refractivity contribution in [3.63, 3.8) is 0 Å². The first-order valence-electron chi connectivity index (χ1n) is 16.0. The fraction of sp³-hybridized carbons (Fsp3) is 0.500. The van der Waals surface area contributed by atoms with Crippen LogP contribution < -0.4 is 4.74 Å². The SMILES string of the molecule is CCC(CC(=O)c1cc(C(=O)CCC2CCc3ccc(OCCN4CCCCC4)cc3C2)c(O)cc1O)Cc1cccs1. The molecule has 7 heteroatoms. The predicted octanol–water partition coefficient (Wildman–Crippen LogP) is 7.63. The molecule has 1 aliphatic heterocycles. The zero-order chi connectivity index (χ0) is 30.2. The number of carbonyl (C=O) groups excluding carboxylic acids is 2. The van der Waals surface area contributed by atoms with Gasteiger partial charge in [0.1, 0.15) is 23.9 Å². The molecule has 2 aromatic carbocycles. The molecule has 230 valence electrons. The molecule has 2 unspecified atom stereocenters. The van der Waals surface area contributed by atoms with Crippen molar-refractivity contribution in [2.24, 2.45) is 11.8 Å². The lowest BCUT2D eigenvalue weighted by Gasteiger charge is -2.27. The van der Waals surface area contributed by atoms with E-state index in [1.54, 1.807) is 11.3 Å². The Kier molecular flexibility index (Phi) is 10.9. The molecule has 0 amide bonds. The lowest BCUT2D eigenvalue weighted by Crippen LogP contribution is -2.33. The molecule has 0 spiro atoms. The Morgan fingerprint density at radius 1 is 1.00 bits per heavy atom. The number of rotatable bonds is 14. The Morgan fingerprint density at radius 3 is 2.53 bits per heavy atom. The molecular formula is C36H45NO5S. The lowest BCUT2D eigenvalue weighted by molar-refractivity contribution is 0.0957. The third kappa shape index (κ3) is 8.48. The monoisotopic (exact) mass is 603 g/mol. The first-order valence-corrected chi connectivity index (χ1v) is 16.9. The molecule has 1 aliphatic carbocycles. The standard InChI is InChI=1S/C36H45NO5S/c1-2-25(20-30-7-6-18-43-30)21-34(39)32-23-31(35(40)24-36(32)41)33(38)13-9-26-8-10-27-11-12-29(22-28(27)19-26)42-17-16-37-14-4-3-5-15-37/h6-7,11-12,18,22-26,40-41H,2-5,8-10,13-17,19-21H2,1H3. The summed E-state index contributed by atoms with van der Waals surface area (Å²) in [5.41, 5.74) is 2.89. The van der Waals surface area contributed by atoms with Crippen LogP contribution in [-0.4, -0.2) is 52.9 Å². The molecule has 6 nitrogen and oxygen atoms in total. The van der Waals surface area contributed by atoms with Crippen LogP contribution in [0.1, 0.15) is 95.0 Å². The minimum Gasteiger partial charge on any atom is -0.507 e. The van der Waals surface area contributed by atoms with Gasteiger partial charge in [-0.25, -0.2) is 0 Å². The number of likely N-dealkylation sites (tertiary alicyclic amines) is 1. The van der Waals surface area contributed by atoms with E-state index in [4.69, 9.17) is 4.74 Å². The lowest BCUT2D eigenvalue weighted by atomic mass is 9.81. The first-order chi connectivity index (χ1) is 20.9. The number of hydrogen-bond donors (Lipinski definition) is 2. The number of phenols is 2. The molecule has 5 rings (SSSR count). The van der Waals surface area contributed by atoms with Gasteiger partial charge in [-0.2, -0.15) is 0 Å². The van der Waals surface area contributed by atoms with Crippen LogP contribution in [0.5, 0.6) is 17.2 Å². The third-order valence-electron chi connectivity index (χ3n) is 9.25. The summed E-state index contributed by atoms with van der Waals surface area (Å²) in [5.74, 6) is 0.481. The van der Waals surface area contributed by atoms with E-state index in [0.29, 0.717) is 18.9 Å². The maximum absolute atomic E-state index is 13.3. The molecule has 0 bridgehead atoms. The van der Waals surface area contributed by atoms with Gasteiger partial charge in [-0.15, -0.1) is 11.3 Å². The Labute approximate surface area is 259 Å². The second-order valence-electron chi connectivity index (χ2n) is 12.3. The smallest absolute Gasteiger partial charge is 0.166 e. The van der Waals surface area contributed by atoms with Crippen molar-refractivity contribution < 1.29 is 24.5 Å². The van der Waals surface area contributed by atoms with Gasteiger partial charge in [0, 0.05) is 30.3 Å². The Bertz CT molecular complexity index is 1380. The molecule has 0 saturated carbocycles.